The lowest BCUT2D eigenvalue weighted by molar-refractivity contribution is 0.0697. The number of hydrogen-bond donors (Lipinski definition) is 2. The van der Waals surface area contributed by atoms with Gasteiger partial charge in [-0.2, -0.15) is 11.8 Å². The summed E-state index contributed by atoms with van der Waals surface area (Å²) in [7, 11) is 0. The van der Waals surface area contributed by atoms with Crippen LogP contribution in [0.2, 0.25) is 0 Å². The topological polar surface area (TPSA) is 69.6 Å². The third-order valence-electron chi connectivity index (χ3n) is 3.97. The maximum Gasteiger partial charge on any atom is 0.335 e. The summed E-state index contributed by atoms with van der Waals surface area (Å²) in [6.07, 6.45) is 3.11. The van der Waals surface area contributed by atoms with Crippen LogP contribution in [0.3, 0.4) is 0 Å². The molecule has 21 heavy (non-hydrogen) atoms. The molecule has 1 aromatic carbocycles. The van der Waals surface area contributed by atoms with E-state index in [2.05, 4.69) is 5.32 Å². The van der Waals surface area contributed by atoms with Gasteiger partial charge < -0.3 is 10.4 Å². The Balaban J connectivity index is 1.65. The van der Waals surface area contributed by atoms with Crippen molar-refractivity contribution in [2.45, 2.75) is 24.5 Å². The highest BCUT2D eigenvalue weighted by Crippen LogP contribution is 2.29. The van der Waals surface area contributed by atoms with Gasteiger partial charge in [0, 0.05) is 24.0 Å². The number of carbonyl (C=O) groups excluding carboxylic acids is 1. The molecule has 6 heteroatoms. The molecule has 2 amide bonds. The second-order valence-corrected chi connectivity index (χ2v) is 6.78. The molecule has 3 rings (SSSR count). The van der Waals surface area contributed by atoms with Crippen LogP contribution in [0.5, 0.6) is 0 Å². The first-order chi connectivity index (χ1) is 10.1. The van der Waals surface area contributed by atoms with Gasteiger partial charge in [0.05, 0.1) is 5.56 Å². The monoisotopic (exact) mass is 306 g/mol. The van der Waals surface area contributed by atoms with Gasteiger partial charge in [-0.3, -0.25) is 4.90 Å². The van der Waals surface area contributed by atoms with E-state index in [1.807, 2.05) is 11.8 Å². The highest BCUT2D eigenvalue weighted by Gasteiger charge is 2.26. The van der Waals surface area contributed by atoms with Gasteiger partial charge in [0.2, 0.25) is 0 Å². The molecule has 2 aliphatic rings. The van der Waals surface area contributed by atoms with Gasteiger partial charge in [0.25, 0.3) is 0 Å². The zero-order valence-electron chi connectivity index (χ0n) is 11.7. The number of nitrogens with one attached hydrogen (secondary N) is 1. The number of carbonyl (C=O) groups is 2. The van der Waals surface area contributed by atoms with E-state index in [0.29, 0.717) is 24.8 Å². The van der Waals surface area contributed by atoms with Crippen molar-refractivity contribution in [2.75, 3.05) is 23.7 Å². The Hall–Kier alpha value is -1.69. The van der Waals surface area contributed by atoms with Crippen molar-refractivity contribution < 1.29 is 14.7 Å². The molecule has 0 aromatic heterocycles. The van der Waals surface area contributed by atoms with E-state index in [0.717, 1.165) is 11.3 Å². The summed E-state index contributed by atoms with van der Waals surface area (Å²) in [5.74, 6) is 0.254. The summed E-state index contributed by atoms with van der Waals surface area (Å²) in [4.78, 5) is 25.0. The molecule has 0 spiro atoms. The lowest BCUT2D eigenvalue weighted by atomic mass is 10.1. The Morgan fingerprint density at radius 3 is 3.00 bits per heavy atom. The average Bonchev–Trinajstić information content (AvgIpc) is 3.13. The molecular formula is C15H18N2O3S. The van der Waals surface area contributed by atoms with Gasteiger partial charge in [-0.1, -0.05) is 0 Å². The van der Waals surface area contributed by atoms with Crippen molar-refractivity contribution in [3.8, 4) is 0 Å². The zero-order chi connectivity index (χ0) is 14.8. The summed E-state index contributed by atoms with van der Waals surface area (Å²) >= 11 is 1.92. The molecule has 2 N–H and O–H groups in total. The Labute approximate surface area is 127 Å². The summed E-state index contributed by atoms with van der Waals surface area (Å²) in [6.45, 7) is 1.32. The Morgan fingerprint density at radius 2 is 2.29 bits per heavy atom. The molecule has 0 radical (unpaired) electrons. The van der Waals surface area contributed by atoms with Crippen LogP contribution < -0.4 is 10.2 Å². The normalized spacial score (nSPS) is 20.4. The number of aromatic carboxylic acids is 1. The smallest absolute Gasteiger partial charge is 0.335 e. The molecule has 1 atom stereocenters. The first-order valence-corrected chi connectivity index (χ1v) is 8.23. The fourth-order valence-corrected chi connectivity index (χ4v) is 4.05. The van der Waals surface area contributed by atoms with Crippen LogP contribution in [0.4, 0.5) is 10.5 Å². The number of rotatable bonds is 3. The van der Waals surface area contributed by atoms with Gasteiger partial charge in [0.1, 0.15) is 0 Å². The van der Waals surface area contributed by atoms with Crippen LogP contribution in [0.1, 0.15) is 28.8 Å². The first kappa shape index (κ1) is 14.3. The van der Waals surface area contributed by atoms with Crippen LogP contribution in [0.25, 0.3) is 0 Å². The van der Waals surface area contributed by atoms with E-state index in [9.17, 15) is 9.59 Å². The Bertz CT molecular complexity index is 570. The summed E-state index contributed by atoms with van der Waals surface area (Å²) in [5, 5.41) is 12.5. The maximum absolute atomic E-state index is 12.3. The molecule has 1 saturated heterocycles. The SMILES string of the molecule is O=C(O)c1ccc2c(c1)CCN2C(=O)NCC1CCCS1. The van der Waals surface area contributed by atoms with Gasteiger partial charge in [-0.25, -0.2) is 9.59 Å². The standard InChI is InChI=1S/C15H18N2O3S/c18-14(19)11-3-4-13-10(8-11)5-6-17(13)15(20)16-9-12-2-1-7-21-12/h3-4,8,12H,1-2,5-7,9H2,(H,16,20)(H,18,19). The lowest BCUT2D eigenvalue weighted by Gasteiger charge is -2.19. The number of carboxylic acids is 1. The van der Waals surface area contributed by atoms with Crippen LogP contribution in [0, 0.1) is 0 Å². The number of fused-ring (bicyclic) bond motifs is 1. The van der Waals surface area contributed by atoms with E-state index < -0.39 is 5.97 Å². The fraction of sp³-hybridized carbons (Fsp3) is 0.467. The van der Waals surface area contributed by atoms with Crippen molar-refractivity contribution in [3.63, 3.8) is 0 Å². The highest BCUT2D eigenvalue weighted by molar-refractivity contribution is 8.00. The van der Waals surface area contributed by atoms with Crippen LogP contribution in [0.15, 0.2) is 18.2 Å². The number of amides is 2. The largest absolute Gasteiger partial charge is 0.478 e. The molecule has 2 aliphatic heterocycles. The number of urea groups is 1. The number of nitrogens with zero attached hydrogens (tertiary/aromatic N) is 1. The van der Waals surface area contributed by atoms with E-state index >= 15 is 0 Å². The van der Waals surface area contributed by atoms with Crippen molar-refractivity contribution in [2.24, 2.45) is 0 Å². The number of thioether (sulfide) groups is 1. The van der Waals surface area contributed by atoms with Crippen molar-refractivity contribution >= 4 is 29.4 Å². The number of hydrogen-bond acceptors (Lipinski definition) is 3. The number of carboxylic acid groups (broad SMARTS) is 1. The van der Waals surface area contributed by atoms with Crippen LogP contribution in [-0.2, 0) is 6.42 Å². The molecule has 1 aromatic rings. The summed E-state index contributed by atoms with van der Waals surface area (Å²) < 4.78 is 0. The molecule has 0 saturated carbocycles. The molecule has 2 heterocycles. The number of anilines is 1. The second-order valence-electron chi connectivity index (χ2n) is 5.37. The number of benzene rings is 1. The van der Waals surface area contributed by atoms with E-state index in [4.69, 9.17) is 5.11 Å². The second kappa shape index (κ2) is 5.97. The van der Waals surface area contributed by atoms with E-state index in [-0.39, 0.29) is 11.6 Å². The van der Waals surface area contributed by atoms with Crippen molar-refractivity contribution in [1.29, 1.82) is 0 Å². The molecule has 0 bridgehead atoms. The predicted octanol–water partition coefficient (Wildman–Crippen LogP) is 2.35. The fourth-order valence-electron chi connectivity index (χ4n) is 2.85. The molecule has 112 valence electrons. The van der Waals surface area contributed by atoms with Crippen molar-refractivity contribution in [3.05, 3.63) is 29.3 Å². The summed E-state index contributed by atoms with van der Waals surface area (Å²) in [5.41, 5.74) is 2.04. The minimum Gasteiger partial charge on any atom is -0.478 e. The Kier molecular flexibility index (Phi) is 4.05. The quantitative estimate of drug-likeness (QED) is 0.899. The molecule has 1 unspecified atom stereocenters. The minimum absolute atomic E-state index is 0.0793. The maximum atomic E-state index is 12.3. The summed E-state index contributed by atoms with van der Waals surface area (Å²) in [6, 6.07) is 4.87. The zero-order valence-corrected chi connectivity index (χ0v) is 12.5. The first-order valence-electron chi connectivity index (χ1n) is 7.18. The van der Waals surface area contributed by atoms with Crippen LogP contribution >= 0.6 is 11.8 Å². The third-order valence-corrected chi connectivity index (χ3v) is 5.37. The average molecular weight is 306 g/mol. The molecule has 5 nitrogen and oxygen atoms in total. The van der Waals surface area contributed by atoms with E-state index in [1.54, 1.807) is 23.1 Å². The van der Waals surface area contributed by atoms with E-state index in [1.165, 1.54) is 18.6 Å². The van der Waals surface area contributed by atoms with Gasteiger partial charge >= 0.3 is 12.0 Å². The molecule has 0 aliphatic carbocycles. The molecular weight excluding hydrogens is 288 g/mol. The van der Waals surface area contributed by atoms with Crippen molar-refractivity contribution in [1.82, 2.24) is 5.32 Å². The predicted molar refractivity (Wildman–Crippen MR) is 83.3 cm³/mol. The lowest BCUT2D eigenvalue weighted by Crippen LogP contribution is -2.41. The minimum atomic E-state index is -0.932. The van der Waals surface area contributed by atoms with Crippen LogP contribution in [-0.4, -0.2) is 41.2 Å². The highest BCUT2D eigenvalue weighted by atomic mass is 32.2. The Morgan fingerprint density at radius 1 is 1.43 bits per heavy atom. The molecule has 1 fully saturated rings. The van der Waals surface area contributed by atoms with Gasteiger partial charge in [-0.05, 0) is 48.8 Å². The third kappa shape index (κ3) is 3.00. The van der Waals surface area contributed by atoms with Gasteiger partial charge in [0.15, 0.2) is 0 Å². The van der Waals surface area contributed by atoms with Gasteiger partial charge in [-0.15, -0.1) is 0 Å².